The Morgan fingerprint density at radius 3 is 2.59 bits per heavy atom. The molecule has 0 saturated carbocycles. The number of pyridine rings is 1. The van der Waals surface area contributed by atoms with E-state index in [0.717, 1.165) is 6.42 Å². The average molecular weight is 365 g/mol. The summed E-state index contributed by atoms with van der Waals surface area (Å²) < 4.78 is 5.38. The van der Waals surface area contributed by atoms with E-state index in [4.69, 9.17) is 10.3 Å². The molecule has 0 fully saturated rings. The number of anilines is 1. The number of nitrogens with zero attached hydrogens (tertiary/aromatic N) is 2. The summed E-state index contributed by atoms with van der Waals surface area (Å²) >= 11 is 0. The summed E-state index contributed by atoms with van der Waals surface area (Å²) in [5.41, 5.74) is 7.60. The molecule has 0 aliphatic carbocycles. The first-order valence-corrected chi connectivity index (χ1v) is 8.60. The van der Waals surface area contributed by atoms with Crippen LogP contribution in [0.2, 0.25) is 0 Å². The number of nitrogen functional groups attached to an aromatic ring is 1. The fourth-order valence-electron chi connectivity index (χ4n) is 2.91. The van der Waals surface area contributed by atoms with Crippen molar-refractivity contribution in [3.05, 3.63) is 54.0 Å². The molecule has 0 bridgehead atoms. The number of carboxylic acid groups (broad SMARTS) is 1. The van der Waals surface area contributed by atoms with Crippen molar-refractivity contribution < 1.29 is 19.2 Å². The smallest absolute Gasteiger partial charge is 0.338 e. The minimum atomic E-state index is -1.18. The number of hydrogen-bond donors (Lipinski definition) is 2. The van der Waals surface area contributed by atoms with Crippen molar-refractivity contribution in [1.82, 2.24) is 10.1 Å². The van der Waals surface area contributed by atoms with Crippen LogP contribution in [0, 0.1) is 0 Å². The number of aromatic carboxylic acids is 1. The lowest BCUT2D eigenvalue weighted by Gasteiger charge is -2.10. The van der Waals surface area contributed by atoms with Crippen LogP contribution in [0.15, 0.2) is 47.2 Å². The first-order valence-electron chi connectivity index (χ1n) is 8.60. The lowest BCUT2D eigenvalue weighted by molar-refractivity contribution is 0.0698. The van der Waals surface area contributed by atoms with Crippen LogP contribution in [0.3, 0.4) is 0 Å². The van der Waals surface area contributed by atoms with Crippen LogP contribution in [-0.4, -0.2) is 27.0 Å². The molecule has 0 aliphatic rings. The van der Waals surface area contributed by atoms with Crippen LogP contribution in [0.4, 0.5) is 5.69 Å². The van der Waals surface area contributed by atoms with Crippen LogP contribution in [0.5, 0.6) is 0 Å². The van der Waals surface area contributed by atoms with Crippen LogP contribution >= 0.6 is 0 Å². The number of hydrogen-bond acceptors (Lipinski definition) is 6. The number of unbranched alkanes of at least 4 members (excludes halogenated alkanes) is 1. The van der Waals surface area contributed by atoms with E-state index < -0.39 is 5.97 Å². The molecule has 2 aromatic heterocycles. The number of ketones is 1. The minimum absolute atomic E-state index is 0.0448. The molecule has 0 amide bonds. The van der Waals surface area contributed by atoms with Crippen molar-refractivity contribution in [2.75, 3.05) is 5.73 Å². The number of carboxylic acids is 1. The molecule has 2 heterocycles. The molecule has 0 spiro atoms. The van der Waals surface area contributed by atoms with Gasteiger partial charge in [-0.05, 0) is 24.6 Å². The highest BCUT2D eigenvalue weighted by molar-refractivity contribution is 6.08. The van der Waals surface area contributed by atoms with Gasteiger partial charge >= 0.3 is 5.97 Å². The first-order chi connectivity index (χ1) is 13.0. The van der Waals surface area contributed by atoms with Gasteiger partial charge in [-0.3, -0.25) is 9.78 Å². The van der Waals surface area contributed by atoms with E-state index in [9.17, 15) is 14.7 Å². The fraction of sp³-hybridized carbons (Fsp3) is 0.200. The van der Waals surface area contributed by atoms with Crippen molar-refractivity contribution in [2.24, 2.45) is 0 Å². The van der Waals surface area contributed by atoms with Gasteiger partial charge in [-0.1, -0.05) is 30.6 Å². The molecule has 27 heavy (non-hydrogen) atoms. The number of carbonyl (C=O) groups excluding carboxylic acids is 1. The van der Waals surface area contributed by atoms with Gasteiger partial charge in [-0.15, -0.1) is 0 Å². The standard InChI is InChI=1S/C20H19N3O4/c1-2-3-7-15(24)19-17(13-5-4-6-14(21)16(13)20(25)26)18(23-27-19)12-8-10-22-11-9-12/h4-6,8-11H,2-3,7,21H2,1H3,(H,25,26). The second kappa shape index (κ2) is 7.82. The van der Waals surface area contributed by atoms with Crippen molar-refractivity contribution in [3.8, 4) is 22.4 Å². The fourth-order valence-corrected chi connectivity index (χ4v) is 2.91. The third kappa shape index (κ3) is 3.57. The number of nitrogens with two attached hydrogens (primary N) is 1. The number of aromatic nitrogens is 2. The highest BCUT2D eigenvalue weighted by Gasteiger charge is 2.28. The van der Waals surface area contributed by atoms with E-state index >= 15 is 0 Å². The highest BCUT2D eigenvalue weighted by Crippen LogP contribution is 2.38. The number of carbonyl (C=O) groups is 2. The molecule has 7 heteroatoms. The van der Waals surface area contributed by atoms with Crippen LogP contribution < -0.4 is 5.73 Å². The lowest BCUT2D eigenvalue weighted by atomic mass is 9.92. The van der Waals surface area contributed by atoms with Gasteiger partial charge in [-0.2, -0.15) is 0 Å². The normalized spacial score (nSPS) is 10.7. The van der Waals surface area contributed by atoms with Crippen LogP contribution in [0.1, 0.15) is 47.1 Å². The van der Waals surface area contributed by atoms with E-state index in [0.29, 0.717) is 35.2 Å². The zero-order valence-corrected chi connectivity index (χ0v) is 14.8. The van der Waals surface area contributed by atoms with E-state index in [1.54, 1.807) is 36.7 Å². The van der Waals surface area contributed by atoms with Crippen LogP contribution in [-0.2, 0) is 0 Å². The van der Waals surface area contributed by atoms with Gasteiger partial charge in [0.25, 0.3) is 0 Å². The zero-order chi connectivity index (χ0) is 19.4. The first kappa shape index (κ1) is 18.3. The maximum atomic E-state index is 12.7. The third-order valence-corrected chi connectivity index (χ3v) is 4.24. The summed E-state index contributed by atoms with van der Waals surface area (Å²) in [5, 5.41) is 13.7. The molecule has 3 rings (SSSR count). The molecule has 138 valence electrons. The summed E-state index contributed by atoms with van der Waals surface area (Å²) in [6.45, 7) is 1.98. The van der Waals surface area contributed by atoms with Gasteiger partial charge in [0, 0.05) is 35.6 Å². The van der Waals surface area contributed by atoms with Gasteiger partial charge < -0.3 is 15.4 Å². The Hall–Kier alpha value is -3.48. The lowest BCUT2D eigenvalue weighted by Crippen LogP contribution is -2.07. The summed E-state index contributed by atoms with van der Waals surface area (Å²) in [5.74, 6) is -1.36. The quantitative estimate of drug-likeness (QED) is 0.478. The Balaban J connectivity index is 2.27. The Kier molecular flexibility index (Phi) is 5.30. The van der Waals surface area contributed by atoms with Crippen molar-refractivity contribution in [3.63, 3.8) is 0 Å². The summed E-state index contributed by atoms with van der Waals surface area (Å²) in [6.07, 6.45) is 5.02. The van der Waals surface area contributed by atoms with Gasteiger partial charge in [0.15, 0.2) is 0 Å². The van der Waals surface area contributed by atoms with Gasteiger partial charge in [0.2, 0.25) is 11.5 Å². The SMILES string of the molecule is CCCCC(=O)c1onc(-c2ccncc2)c1-c1cccc(N)c1C(=O)O. The monoisotopic (exact) mass is 365 g/mol. The van der Waals surface area contributed by atoms with Gasteiger partial charge in [0.1, 0.15) is 5.69 Å². The highest BCUT2D eigenvalue weighted by atomic mass is 16.5. The number of Topliss-reactive ketones (excluding diaryl/α,β-unsaturated/α-hetero) is 1. The van der Waals surface area contributed by atoms with Crippen molar-refractivity contribution in [1.29, 1.82) is 0 Å². The molecule has 3 N–H and O–H groups in total. The molecule has 0 unspecified atom stereocenters. The Bertz CT molecular complexity index is 980. The maximum absolute atomic E-state index is 12.7. The summed E-state index contributed by atoms with van der Waals surface area (Å²) in [4.78, 5) is 28.5. The largest absolute Gasteiger partial charge is 0.478 e. The van der Waals surface area contributed by atoms with Crippen LogP contribution in [0.25, 0.3) is 22.4 Å². The van der Waals surface area contributed by atoms with Crippen molar-refractivity contribution in [2.45, 2.75) is 26.2 Å². The number of rotatable bonds is 7. The second-order valence-corrected chi connectivity index (χ2v) is 6.07. The summed E-state index contributed by atoms with van der Waals surface area (Å²) in [7, 11) is 0. The molecule has 0 atom stereocenters. The molecular formula is C20H19N3O4. The minimum Gasteiger partial charge on any atom is -0.478 e. The number of benzene rings is 1. The Morgan fingerprint density at radius 2 is 1.93 bits per heavy atom. The topological polar surface area (TPSA) is 119 Å². The predicted molar refractivity (Wildman–Crippen MR) is 100 cm³/mol. The zero-order valence-electron chi connectivity index (χ0n) is 14.8. The average Bonchev–Trinajstić information content (AvgIpc) is 3.11. The molecule has 0 saturated heterocycles. The van der Waals surface area contributed by atoms with E-state index in [-0.39, 0.29) is 22.8 Å². The van der Waals surface area contributed by atoms with Gasteiger partial charge in [-0.25, -0.2) is 4.79 Å². The summed E-state index contributed by atoms with van der Waals surface area (Å²) in [6, 6.07) is 8.18. The molecule has 0 aliphatic heterocycles. The molecular weight excluding hydrogens is 346 g/mol. The van der Waals surface area contributed by atoms with Crippen molar-refractivity contribution >= 4 is 17.4 Å². The molecule has 7 nitrogen and oxygen atoms in total. The molecule has 1 aromatic carbocycles. The predicted octanol–water partition coefficient (Wildman–Crippen LogP) is 4.06. The van der Waals surface area contributed by atoms with E-state index in [1.165, 1.54) is 6.07 Å². The van der Waals surface area contributed by atoms with E-state index in [2.05, 4.69) is 10.1 Å². The Morgan fingerprint density at radius 1 is 1.19 bits per heavy atom. The van der Waals surface area contributed by atoms with E-state index in [1.807, 2.05) is 6.92 Å². The molecule has 0 radical (unpaired) electrons. The maximum Gasteiger partial charge on any atom is 0.338 e. The second-order valence-electron chi connectivity index (χ2n) is 6.07. The van der Waals surface area contributed by atoms with Gasteiger partial charge in [0.05, 0.1) is 11.1 Å². The Labute approximate surface area is 155 Å². The third-order valence-electron chi connectivity index (χ3n) is 4.24. The molecule has 3 aromatic rings.